The highest BCUT2D eigenvalue weighted by atomic mass is 32.1. The number of amides is 1. The van der Waals surface area contributed by atoms with Crippen LogP contribution in [0.15, 0.2) is 53.5 Å². The fourth-order valence-electron chi connectivity index (χ4n) is 3.63. The fraction of sp³-hybridized carbons (Fsp3) is 0.250. The lowest BCUT2D eigenvalue weighted by molar-refractivity contribution is 0.0993. The van der Waals surface area contributed by atoms with E-state index < -0.39 is 0 Å². The van der Waals surface area contributed by atoms with E-state index in [1.807, 2.05) is 30.3 Å². The Kier molecular flexibility index (Phi) is 6.01. The summed E-state index contributed by atoms with van der Waals surface area (Å²) in [7, 11) is 0. The molecule has 6 heteroatoms. The summed E-state index contributed by atoms with van der Waals surface area (Å²) in [5.74, 6) is 1.16. The van der Waals surface area contributed by atoms with E-state index in [4.69, 9.17) is 9.15 Å². The number of ether oxygens (including phenoxy) is 1. The SMILES string of the molecule is C=CCc1ccccc1OCc1ccc(C(=O)Nc2sc3c(c2C#N)CCCC3)o1. The third-order valence-corrected chi connectivity index (χ3v) is 6.31. The highest BCUT2D eigenvalue weighted by Crippen LogP contribution is 2.37. The van der Waals surface area contributed by atoms with Gasteiger partial charge in [-0.05, 0) is 61.4 Å². The third kappa shape index (κ3) is 4.17. The number of nitriles is 1. The molecule has 1 amide bonds. The van der Waals surface area contributed by atoms with Gasteiger partial charge in [0.2, 0.25) is 0 Å². The number of hydrogen-bond donors (Lipinski definition) is 1. The number of para-hydroxylation sites is 1. The van der Waals surface area contributed by atoms with E-state index >= 15 is 0 Å². The fourth-order valence-corrected chi connectivity index (χ4v) is 4.87. The number of rotatable bonds is 7. The molecule has 30 heavy (non-hydrogen) atoms. The van der Waals surface area contributed by atoms with Gasteiger partial charge in [0.05, 0.1) is 5.56 Å². The molecule has 2 heterocycles. The first-order valence-electron chi connectivity index (χ1n) is 9.96. The standard InChI is InChI=1S/C24H22N2O3S/c1-2-7-16-8-3-5-10-20(16)28-15-17-12-13-21(29-17)23(27)26-24-19(14-25)18-9-4-6-11-22(18)30-24/h2-3,5,8,10,12-13H,1,4,6-7,9,11,15H2,(H,26,27). The molecular weight excluding hydrogens is 396 g/mol. The smallest absolute Gasteiger partial charge is 0.292 e. The number of nitrogens with one attached hydrogen (secondary N) is 1. The molecule has 0 radical (unpaired) electrons. The Labute approximate surface area is 179 Å². The van der Waals surface area contributed by atoms with Crippen molar-refractivity contribution in [2.24, 2.45) is 0 Å². The number of fused-ring (bicyclic) bond motifs is 1. The van der Waals surface area contributed by atoms with Gasteiger partial charge < -0.3 is 14.5 Å². The molecular formula is C24H22N2O3S. The number of furan rings is 1. The Morgan fingerprint density at radius 2 is 2.10 bits per heavy atom. The molecule has 4 rings (SSSR count). The summed E-state index contributed by atoms with van der Waals surface area (Å²) in [6.07, 6.45) is 6.64. The largest absolute Gasteiger partial charge is 0.485 e. The van der Waals surface area contributed by atoms with Crippen molar-refractivity contribution in [3.05, 3.63) is 82.1 Å². The second kappa shape index (κ2) is 9.02. The number of anilines is 1. The van der Waals surface area contributed by atoms with Crippen molar-refractivity contribution in [2.45, 2.75) is 38.7 Å². The second-order valence-corrected chi connectivity index (χ2v) is 8.24. The maximum atomic E-state index is 12.7. The average molecular weight is 419 g/mol. The van der Waals surface area contributed by atoms with Crippen molar-refractivity contribution in [1.29, 1.82) is 5.26 Å². The number of carbonyl (C=O) groups excluding carboxylic acids is 1. The maximum Gasteiger partial charge on any atom is 0.292 e. The van der Waals surface area contributed by atoms with Crippen molar-refractivity contribution in [1.82, 2.24) is 0 Å². The maximum absolute atomic E-state index is 12.7. The summed E-state index contributed by atoms with van der Waals surface area (Å²) >= 11 is 1.50. The molecule has 2 aromatic heterocycles. The van der Waals surface area contributed by atoms with Gasteiger partial charge in [0, 0.05) is 4.88 Å². The highest BCUT2D eigenvalue weighted by molar-refractivity contribution is 7.16. The first-order chi connectivity index (χ1) is 14.7. The molecule has 152 valence electrons. The van der Waals surface area contributed by atoms with Gasteiger partial charge in [-0.3, -0.25) is 4.79 Å². The van der Waals surface area contributed by atoms with Gasteiger partial charge in [-0.15, -0.1) is 17.9 Å². The Hall–Kier alpha value is -3.30. The van der Waals surface area contributed by atoms with Gasteiger partial charge in [-0.25, -0.2) is 0 Å². The quantitative estimate of drug-likeness (QED) is 0.503. The van der Waals surface area contributed by atoms with Gasteiger partial charge in [0.15, 0.2) is 5.76 Å². The zero-order chi connectivity index (χ0) is 20.9. The molecule has 1 N–H and O–H groups in total. The van der Waals surface area contributed by atoms with E-state index in [1.165, 1.54) is 16.2 Å². The van der Waals surface area contributed by atoms with Gasteiger partial charge in [0.25, 0.3) is 5.91 Å². The average Bonchev–Trinajstić information content (AvgIpc) is 3.37. The molecule has 0 saturated carbocycles. The number of thiophene rings is 1. The Balaban J connectivity index is 1.43. The van der Waals surface area contributed by atoms with Crippen molar-refractivity contribution < 1.29 is 13.9 Å². The zero-order valence-corrected chi connectivity index (χ0v) is 17.4. The van der Waals surface area contributed by atoms with Crippen LogP contribution in [0.1, 0.15) is 50.7 Å². The van der Waals surface area contributed by atoms with Gasteiger partial charge in [-0.2, -0.15) is 5.26 Å². The Morgan fingerprint density at radius 3 is 2.93 bits per heavy atom. The molecule has 0 unspecified atom stereocenters. The third-order valence-electron chi connectivity index (χ3n) is 5.10. The molecule has 0 aliphatic heterocycles. The number of nitrogens with zero attached hydrogens (tertiary/aromatic N) is 1. The van der Waals surface area contributed by atoms with Crippen LogP contribution in [0, 0.1) is 11.3 Å². The zero-order valence-electron chi connectivity index (χ0n) is 16.6. The van der Waals surface area contributed by atoms with Gasteiger partial charge >= 0.3 is 0 Å². The highest BCUT2D eigenvalue weighted by Gasteiger charge is 2.23. The van der Waals surface area contributed by atoms with Crippen molar-refractivity contribution in [3.8, 4) is 11.8 Å². The van der Waals surface area contributed by atoms with Gasteiger partial charge in [0.1, 0.15) is 29.2 Å². The van der Waals surface area contributed by atoms with E-state index in [0.29, 0.717) is 22.7 Å². The Bertz CT molecular complexity index is 1120. The molecule has 5 nitrogen and oxygen atoms in total. The lowest BCUT2D eigenvalue weighted by atomic mass is 9.96. The number of benzene rings is 1. The lowest BCUT2D eigenvalue weighted by Gasteiger charge is -2.09. The van der Waals surface area contributed by atoms with Crippen molar-refractivity contribution in [3.63, 3.8) is 0 Å². The van der Waals surface area contributed by atoms with Crippen LogP contribution in [-0.4, -0.2) is 5.91 Å². The predicted octanol–water partition coefficient (Wildman–Crippen LogP) is 5.65. The Morgan fingerprint density at radius 1 is 1.27 bits per heavy atom. The van der Waals surface area contributed by atoms with E-state index in [0.717, 1.165) is 42.6 Å². The van der Waals surface area contributed by atoms with Crippen LogP contribution < -0.4 is 10.1 Å². The van der Waals surface area contributed by atoms with Crippen LogP contribution in [0.4, 0.5) is 5.00 Å². The summed E-state index contributed by atoms with van der Waals surface area (Å²) in [6, 6.07) is 13.4. The second-order valence-electron chi connectivity index (χ2n) is 7.14. The first-order valence-corrected chi connectivity index (χ1v) is 10.8. The summed E-state index contributed by atoms with van der Waals surface area (Å²) in [6.45, 7) is 3.99. The lowest BCUT2D eigenvalue weighted by Crippen LogP contribution is -2.11. The normalized spacial score (nSPS) is 12.6. The minimum Gasteiger partial charge on any atom is -0.485 e. The molecule has 0 spiro atoms. The monoisotopic (exact) mass is 418 g/mol. The van der Waals surface area contributed by atoms with E-state index in [1.54, 1.807) is 12.1 Å². The topological polar surface area (TPSA) is 75.3 Å². The minimum absolute atomic E-state index is 0.197. The van der Waals surface area contributed by atoms with Crippen LogP contribution in [0.3, 0.4) is 0 Å². The molecule has 0 atom stereocenters. The van der Waals surface area contributed by atoms with Crippen molar-refractivity contribution >= 4 is 22.2 Å². The molecule has 1 aromatic carbocycles. The van der Waals surface area contributed by atoms with Crippen LogP contribution in [-0.2, 0) is 25.9 Å². The van der Waals surface area contributed by atoms with Crippen LogP contribution >= 0.6 is 11.3 Å². The van der Waals surface area contributed by atoms with E-state index in [2.05, 4.69) is 18.0 Å². The summed E-state index contributed by atoms with van der Waals surface area (Å²) < 4.78 is 11.5. The molecule has 1 aliphatic rings. The van der Waals surface area contributed by atoms with Crippen LogP contribution in [0.25, 0.3) is 0 Å². The molecule has 0 fully saturated rings. The summed E-state index contributed by atoms with van der Waals surface area (Å²) in [5.41, 5.74) is 2.73. The van der Waals surface area contributed by atoms with Crippen LogP contribution in [0.2, 0.25) is 0 Å². The molecule has 0 saturated heterocycles. The molecule has 1 aliphatic carbocycles. The minimum atomic E-state index is -0.358. The number of aryl methyl sites for hydroxylation is 1. The summed E-state index contributed by atoms with van der Waals surface area (Å²) in [5, 5.41) is 13.0. The predicted molar refractivity (Wildman–Crippen MR) is 117 cm³/mol. The van der Waals surface area contributed by atoms with E-state index in [9.17, 15) is 10.1 Å². The molecule has 0 bridgehead atoms. The number of allylic oxidation sites excluding steroid dienone is 1. The first kappa shape index (κ1) is 20.0. The van der Waals surface area contributed by atoms with Crippen molar-refractivity contribution in [2.75, 3.05) is 5.32 Å². The summed E-state index contributed by atoms with van der Waals surface area (Å²) in [4.78, 5) is 13.9. The molecule has 3 aromatic rings. The van der Waals surface area contributed by atoms with Gasteiger partial charge in [-0.1, -0.05) is 24.3 Å². The number of carbonyl (C=O) groups is 1. The van der Waals surface area contributed by atoms with Crippen LogP contribution in [0.5, 0.6) is 5.75 Å². The number of hydrogen-bond acceptors (Lipinski definition) is 5. The van der Waals surface area contributed by atoms with E-state index in [-0.39, 0.29) is 18.3 Å².